The Morgan fingerprint density at radius 1 is 1.35 bits per heavy atom. The fourth-order valence-corrected chi connectivity index (χ4v) is 4.63. The van der Waals surface area contributed by atoms with Crippen LogP contribution in [0.4, 0.5) is 0 Å². The lowest BCUT2D eigenvalue weighted by atomic mass is 10.2. The summed E-state index contributed by atoms with van der Waals surface area (Å²) >= 11 is 1.60. The summed E-state index contributed by atoms with van der Waals surface area (Å²) in [6.45, 7) is 10.4. The number of thiazole rings is 1. The topological polar surface area (TPSA) is 69.0 Å². The second-order valence-corrected chi connectivity index (χ2v) is 9.46. The van der Waals surface area contributed by atoms with Crippen LogP contribution in [-0.2, 0) is 11.3 Å². The molecule has 1 aliphatic heterocycles. The molecule has 0 saturated carbocycles. The summed E-state index contributed by atoms with van der Waals surface area (Å²) in [5, 5.41) is 6.04. The van der Waals surface area contributed by atoms with Crippen molar-refractivity contribution in [3.8, 4) is 22.0 Å². The van der Waals surface area contributed by atoms with Crippen LogP contribution in [0.1, 0.15) is 48.4 Å². The van der Waals surface area contributed by atoms with Gasteiger partial charge in [-0.25, -0.2) is 4.98 Å². The van der Waals surface area contributed by atoms with E-state index in [4.69, 9.17) is 9.72 Å². The second-order valence-electron chi connectivity index (χ2n) is 8.60. The molecule has 1 unspecified atom stereocenters. The molecule has 0 spiro atoms. The molecule has 31 heavy (non-hydrogen) atoms. The van der Waals surface area contributed by atoms with E-state index in [0.29, 0.717) is 18.0 Å². The summed E-state index contributed by atoms with van der Waals surface area (Å²) in [6, 6.07) is 6.02. The zero-order valence-corrected chi connectivity index (χ0v) is 19.5. The first kappa shape index (κ1) is 21.7. The molecule has 1 aliphatic rings. The molecule has 0 aromatic carbocycles. The Hall–Kier alpha value is -2.51. The standard InChI is InChI=1S/C24H30N4O2S/c1-15(2)11-26-23(29)20-10-22(28(17(20)4)13-19-6-5-9-30-19)21-14-31-24(27-21)18-8-7-16(3)25-12-18/h7-8,10,12,14-15,19H,5-6,9,11,13H2,1-4H3,(H,26,29). The van der Waals surface area contributed by atoms with Gasteiger partial charge in [0.1, 0.15) is 5.01 Å². The molecule has 4 heterocycles. The van der Waals surface area contributed by atoms with Crippen molar-refractivity contribution >= 4 is 17.2 Å². The number of rotatable bonds is 7. The number of ether oxygens (including phenoxy) is 1. The minimum absolute atomic E-state index is 0.0308. The Bertz CT molecular complexity index is 1050. The van der Waals surface area contributed by atoms with Gasteiger partial charge in [-0.05, 0) is 50.8 Å². The first-order valence-corrected chi connectivity index (χ1v) is 11.8. The fourth-order valence-electron chi connectivity index (χ4n) is 3.82. The molecule has 0 aliphatic carbocycles. The van der Waals surface area contributed by atoms with E-state index in [1.54, 1.807) is 11.3 Å². The lowest BCUT2D eigenvalue weighted by Crippen LogP contribution is -2.27. The molecule has 6 nitrogen and oxygen atoms in total. The Morgan fingerprint density at radius 3 is 2.87 bits per heavy atom. The maximum atomic E-state index is 12.9. The molecule has 0 radical (unpaired) electrons. The third-order valence-corrected chi connectivity index (χ3v) is 6.51. The monoisotopic (exact) mass is 438 g/mol. The summed E-state index contributed by atoms with van der Waals surface area (Å²) in [7, 11) is 0. The van der Waals surface area contributed by atoms with Gasteiger partial charge in [0.15, 0.2) is 0 Å². The van der Waals surface area contributed by atoms with E-state index in [0.717, 1.165) is 59.3 Å². The molecule has 3 aromatic heterocycles. The Morgan fingerprint density at radius 2 is 2.19 bits per heavy atom. The molecule has 4 rings (SSSR count). The van der Waals surface area contributed by atoms with E-state index in [2.05, 4.69) is 34.1 Å². The molecular weight excluding hydrogens is 408 g/mol. The van der Waals surface area contributed by atoms with Crippen LogP contribution < -0.4 is 5.32 Å². The van der Waals surface area contributed by atoms with Crippen molar-refractivity contribution in [1.82, 2.24) is 19.9 Å². The van der Waals surface area contributed by atoms with E-state index in [9.17, 15) is 4.79 Å². The van der Waals surface area contributed by atoms with Gasteiger partial charge >= 0.3 is 0 Å². The first-order chi connectivity index (χ1) is 14.9. The van der Waals surface area contributed by atoms with Crippen LogP contribution in [0.5, 0.6) is 0 Å². The lowest BCUT2D eigenvalue weighted by molar-refractivity contribution is 0.0938. The van der Waals surface area contributed by atoms with Gasteiger partial charge in [0.05, 0.1) is 23.1 Å². The van der Waals surface area contributed by atoms with Crippen molar-refractivity contribution in [2.45, 2.75) is 53.2 Å². The third kappa shape index (κ3) is 4.88. The zero-order valence-electron chi connectivity index (χ0n) is 18.6. The highest BCUT2D eigenvalue weighted by Gasteiger charge is 2.24. The van der Waals surface area contributed by atoms with Crippen molar-refractivity contribution in [3.05, 3.63) is 46.7 Å². The molecule has 164 valence electrons. The highest BCUT2D eigenvalue weighted by molar-refractivity contribution is 7.13. The Kier molecular flexibility index (Phi) is 6.53. The maximum Gasteiger partial charge on any atom is 0.253 e. The van der Waals surface area contributed by atoms with Gasteiger partial charge in [0.2, 0.25) is 0 Å². The van der Waals surface area contributed by atoms with Crippen LogP contribution in [0.3, 0.4) is 0 Å². The van der Waals surface area contributed by atoms with Gasteiger partial charge < -0.3 is 14.6 Å². The van der Waals surface area contributed by atoms with Gasteiger partial charge in [0, 0.05) is 48.2 Å². The largest absolute Gasteiger partial charge is 0.376 e. The molecule has 0 bridgehead atoms. The lowest BCUT2D eigenvalue weighted by Gasteiger charge is -2.15. The third-order valence-electron chi connectivity index (χ3n) is 5.62. The average molecular weight is 439 g/mol. The number of nitrogens with zero attached hydrogens (tertiary/aromatic N) is 3. The highest BCUT2D eigenvalue weighted by atomic mass is 32.1. The minimum Gasteiger partial charge on any atom is -0.376 e. The van der Waals surface area contributed by atoms with E-state index >= 15 is 0 Å². The van der Waals surface area contributed by atoms with Gasteiger partial charge in [-0.3, -0.25) is 9.78 Å². The summed E-state index contributed by atoms with van der Waals surface area (Å²) < 4.78 is 8.09. The number of hydrogen-bond donors (Lipinski definition) is 1. The summed E-state index contributed by atoms with van der Waals surface area (Å²) in [4.78, 5) is 22.2. The molecule has 7 heteroatoms. The van der Waals surface area contributed by atoms with Gasteiger partial charge in [0.25, 0.3) is 5.91 Å². The van der Waals surface area contributed by atoms with E-state index < -0.39 is 0 Å². The average Bonchev–Trinajstić information content (AvgIpc) is 3.49. The van der Waals surface area contributed by atoms with Crippen molar-refractivity contribution in [2.24, 2.45) is 5.92 Å². The van der Waals surface area contributed by atoms with E-state index in [-0.39, 0.29) is 12.0 Å². The molecule has 3 aromatic rings. The van der Waals surface area contributed by atoms with Crippen LogP contribution in [0.15, 0.2) is 29.8 Å². The Labute approximate surface area is 187 Å². The van der Waals surface area contributed by atoms with E-state index in [1.807, 2.05) is 38.2 Å². The number of nitrogens with one attached hydrogen (secondary N) is 1. The summed E-state index contributed by atoms with van der Waals surface area (Å²) in [6.07, 6.45) is 4.17. The van der Waals surface area contributed by atoms with Crippen LogP contribution in [0, 0.1) is 19.8 Å². The van der Waals surface area contributed by atoms with Crippen LogP contribution in [-0.4, -0.2) is 39.7 Å². The Balaban J connectivity index is 1.68. The van der Waals surface area contributed by atoms with E-state index in [1.165, 1.54) is 0 Å². The smallest absolute Gasteiger partial charge is 0.253 e. The molecular formula is C24H30N4O2S. The van der Waals surface area contributed by atoms with Crippen molar-refractivity contribution < 1.29 is 9.53 Å². The van der Waals surface area contributed by atoms with Crippen molar-refractivity contribution in [1.29, 1.82) is 0 Å². The van der Waals surface area contributed by atoms with Crippen molar-refractivity contribution in [3.63, 3.8) is 0 Å². The second kappa shape index (κ2) is 9.32. The van der Waals surface area contributed by atoms with Crippen molar-refractivity contribution in [2.75, 3.05) is 13.2 Å². The van der Waals surface area contributed by atoms with Gasteiger partial charge in [-0.15, -0.1) is 11.3 Å². The van der Waals surface area contributed by atoms with Crippen LogP contribution in [0.25, 0.3) is 22.0 Å². The predicted octanol–water partition coefficient (Wildman–Crippen LogP) is 4.86. The number of amides is 1. The SMILES string of the molecule is Cc1ccc(-c2nc(-c3cc(C(=O)NCC(C)C)c(C)n3CC3CCCO3)cs2)cn1. The number of carbonyl (C=O) groups is 1. The first-order valence-electron chi connectivity index (χ1n) is 10.9. The molecule has 1 amide bonds. The summed E-state index contributed by atoms with van der Waals surface area (Å²) in [5.41, 5.74) is 5.50. The number of carbonyl (C=O) groups excluding carboxylic acids is 1. The molecule has 1 fully saturated rings. The van der Waals surface area contributed by atoms with Crippen LogP contribution in [0.2, 0.25) is 0 Å². The number of aryl methyl sites for hydroxylation is 1. The number of aromatic nitrogens is 3. The quantitative estimate of drug-likeness (QED) is 0.572. The fraction of sp³-hybridized carbons (Fsp3) is 0.458. The zero-order chi connectivity index (χ0) is 22.0. The molecule has 1 N–H and O–H groups in total. The normalized spacial score (nSPS) is 16.2. The minimum atomic E-state index is -0.0308. The van der Waals surface area contributed by atoms with Crippen LogP contribution >= 0.6 is 11.3 Å². The highest BCUT2D eigenvalue weighted by Crippen LogP contribution is 2.32. The molecule has 1 saturated heterocycles. The summed E-state index contributed by atoms with van der Waals surface area (Å²) in [5.74, 6) is 0.374. The number of pyridine rings is 1. The number of hydrogen-bond acceptors (Lipinski definition) is 5. The molecule has 1 atom stereocenters. The maximum absolute atomic E-state index is 12.9. The predicted molar refractivity (Wildman–Crippen MR) is 124 cm³/mol. The van der Waals surface area contributed by atoms with Gasteiger partial charge in [-0.1, -0.05) is 13.8 Å². The van der Waals surface area contributed by atoms with Gasteiger partial charge in [-0.2, -0.15) is 0 Å².